The Morgan fingerprint density at radius 1 is 0.800 bits per heavy atom. The topological polar surface area (TPSA) is 18.5 Å². The van der Waals surface area contributed by atoms with Crippen LogP contribution in [-0.2, 0) is 8.85 Å². The van der Waals surface area contributed by atoms with Gasteiger partial charge >= 0.3 is 8.08 Å². The van der Waals surface area contributed by atoms with Crippen LogP contribution in [0.1, 0.15) is 0 Å². The molecule has 0 N–H and O–H groups in total. The minimum atomic E-state index is -1.76. The second kappa shape index (κ2) is 3.17. The molecule has 0 rings (SSSR count). The highest BCUT2D eigenvalue weighted by molar-refractivity contribution is 7.35. The summed E-state index contributed by atoms with van der Waals surface area (Å²) in [5.74, 6) is 0. The molecule has 0 radical (unpaired) electrons. The van der Waals surface area contributed by atoms with Crippen molar-refractivity contribution in [3.05, 3.63) is 0 Å². The zero-order valence-electron chi connectivity index (χ0n) is 7.82. The van der Waals surface area contributed by atoms with E-state index in [4.69, 9.17) is 8.85 Å². The zero-order chi connectivity index (χ0) is 8.41. The number of hydrogen-bond acceptors (Lipinski definition) is 2. The Bertz CT molecular complexity index is 105. The van der Waals surface area contributed by atoms with Crippen molar-refractivity contribution in [1.82, 2.24) is 0 Å². The molecule has 0 amide bonds. The van der Waals surface area contributed by atoms with Gasteiger partial charge in [0.05, 0.1) is 0 Å². The quantitative estimate of drug-likeness (QED) is 0.613. The van der Waals surface area contributed by atoms with Crippen LogP contribution in [0.25, 0.3) is 0 Å². The lowest BCUT2D eigenvalue weighted by atomic mass is 11.8. The molecule has 0 unspecified atom stereocenters. The van der Waals surface area contributed by atoms with E-state index in [1.54, 1.807) is 14.2 Å². The van der Waals surface area contributed by atoms with Crippen molar-refractivity contribution in [3.63, 3.8) is 0 Å². The van der Waals surface area contributed by atoms with Crippen LogP contribution in [0.5, 0.6) is 0 Å². The van der Waals surface area contributed by atoms with Crippen molar-refractivity contribution in [1.29, 1.82) is 0 Å². The third-order valence-electron chi connectivity index (χ3n) is 2.14. The average Bonchev–Trinajstić information content (AvgIpc) is 1.84. The summed E-state index contributed by atoms with van der Waals surface area (Å²) in [5, 5.41) is 0. The first-order valence-electron chi connectivity index (χ1n) is 3.47. The molecule has 0 aromatic carbocycles. The summed E-state index contributed by atoms with van der Waals surface area (Å²) >= 11 is 0. The molecule has 0 aliphatic rings. The third-order valence-corrected chi connectivity index (χ3v) is 15.8. The van der Waals surface area contributed by atoms with Gasteiger partial charge in [0.25, 0.3) is 0 Å². The van der Waals surface area contributed by atoms with Gasteiger partial charge in [-0.2, -0.15) is 0 Å². The highest BCUT2D eigenvalue weighted by Crippen LogP contribution is 2.19. The molecule has 0 saturated heterocycles. The van der Waals surface area contributed by atoms with Crippen LogP contribution >= 0.6 is 0 Å². The number of rotatable bonds is 3. The molecule has 0 aliphatic carbocycles. The van der Waals surface area contributed by atoms with Gasteiger partial charge in [-0.15, -0.1) is 0 Å². The van der Waals surface area contributed by atoms with E-state index in [1.807, 2.05) is 0 Å². The van der Waals surface area contributed by atoms with E-state index in [0.29, 0.717) is 0 Å². The second-order valence-corrected chi connectivity index (χ2v) is 18.0. The van der Waals surface area contributed by atoms with Gasteiger partial charge in [-0.3, -0.25) is 0 Å². The smallest absolute Gasteiger partial charge is 0.312 e. The first-order chi connectivity index (χ1) is 4.37. The summed E-state index contributed by atoms with van der Waals surface area (Å²) in [6.45, 7) is 8.99. The summed E-state index contributed by atoms with van der Waals surface area (Å²) in [6.07, 6.45) is 0. The van der Waals surface area contributed by atoms with E-state index in [9.17, 15) is 0 Å². The van der Waals surface area contributed by atoms with E-state index in [-0.39, 0.29) is 0 Å². The molecular formula is C6H18O2Si2. The Morgan fingerprint density at radius 3 is 1.10 bits per heavy atom. The van der Waals surface area contributed by atoms with E-state index >= 15 is 0 Å². The Balaban J connectivity index is 4.33. The lowest BCUT2D eigenvalue weighted by Gasteiger charge is -2.34. The SMILES string of the molecule is CO[Si](C)(OC)[Si](C)(C)C. The highest BCUT2D eigenvalue weighted by Gasteiger charge is 2.44. The maximum atomic E-state index is 5.43. The van der Waals surface area contributed by atoms with Gasteiger partial charge in [-0.05, 0) is 6.55 Å². The van der Waals surface area contributed by atoms with Crippen molar-refractivity contribution >= 4 is 15.7 Å². The van der Waals surface area contributed by atoms with Gasteiger partial charge < -0.3 is 8.85 Å². The Labute approximate surface area is 65.6 Å². The van der Waals surface area contributed by atoms with E-state index in [0.717, 1.165) is 0 Å². The lowest BCUT2D eigenvalue weighted by Crippen LogP contribution is -2.58. The van der Waals surface area contributed by atoms with Crippen molar-refractivity contribution in [2.75, 3.05) is 14.2 Å². The Hall–Kier alpha value is 0.354. The fraction of sp³-hybridized carbons (Fsp3) is 1.00. The maximum Gasteiger partial charge on any atom is 0.312 e. The minimum Gasteiger partial charge on any atom is -0.400 e. The molecule has 0 heterocycles. The Kier molecular flexibility index (Phi) is 3.28. The van der Waals surface area contributed by atoms with Crippen molar-refractivity contribution in [2.45, 2.75) is 26.2 Å². The molecule has 0 atom stereocenters. The minimum absolute atomic E-state index is 1.22. The summed E-state index contributed by atoms with van der Waals surface area (Å²) in [4.78, 5) is 0. The van der Waals surface area contributed by atoms with Crippen LogP contribution in [0, 0.1) is 0 Å². The van der Waals surface area contributed by atoms with Gasteiger partial charge in [-0.1, -0.05) is 19.6 Å². The van der Waals surface area contributed by atoms with Crippen LogP contribution < -0.4 is 0 Å². The molecule has 62 valence electrons. The van der Waals surface area contributed by atoms with Gasteiger partial charge in [0.2, 0.25) is 0 Å². The molecule has 0 saturated carbocycles. The molecule has 0 bridgehead atoms. The fourth-order valence-electron chi connectivity index (χ4n) is 0.696. The number of hydrogen-bond donors (Lipinski definition) is 0. The second-order valence-electron chi connectivity index (χ2n) is 3.60. The largest absolute Gasteiger partial charge is 0.400 e. The molecule has 0 fully saturated rings. The predicted octanol–water partition coefficient (Wildman–Crippen LogP) is 1.77. The van der Waals surface area contributed by atoms with Crippen molar-refractivity contribution in [3.8, 4) is 0 Å². The first kappa shape index (κ1) is 10.4. The Morgan fingerprint density at radius 2 is 1.10 bits per heavy atom. The normalized spacial score (nSPS) is 13.8. The third kappa shape index (κ3) is 1.92. The van der Waals surface area contributed by atoms with Crippen molar-refractivity contribution in [2.24, 2.45) is 0 Å². The van der Waals surface area contributed by atoms with Crippen molar-refractivity contribution < 1.29 is 8.85 Å². The summed E-state index contributed by atoms with van der Waals surface area (Å²) in [7, 11) is 0.539. The van der Waals surface area contributed by atoms with Gasteiger partial charge in [0.1, 0.15) is 7.59 Å². The average molecular weight is 178 g/mol. The molecule has 0 aromatic heterocycles. The van der Waals surface area contributed by atoms with Crippen LogP contribution in [0.15, 0.2) is 0 Å². The molecule has 4 heteroatoms. The standard InChI is InChI=1S/C6H18O2Si2/c1-7-10(6,8-2)9(3,4)5/h1-6H3. The molecule has 2 nitrogen and oxygen atoms in total. The first-order valence-corrected chi connectivity index (χ1v) is 10.3. The molecule has 0 aliphatic heterocycles. The van der Waals surface area contributed by atoms with E-state index in [1.165, 1.54) is 0 Å². The van der Waals surface area contributed by atoms with E-state index < -0.39 is 15.7 Å². The molecule has 0 aromatic rings. The molecule has 0 spiro atoms. The fourth-order valence-corrected chi connectivity index (χ4v) is 5.76. The van der Waals surface area contributed by atoms with Gasteiger partial charge in [0.15, 0.2) is 0 Å². The molecule has 10 heavy (non-hydrogen) atoms. The summed E-state index contributed by atoms with van der Waals surface area (Å²) < 4.78 is 10.9. The van der Waals surface area contributed by atoms with Gasteiger partial charge in [0, 0.05) is 14.2 Å². The maximum absolute atomic E-state index is 5.43. The van der Waals surface area contributed by atoms with Crippen LogP contribution in [0.3, 0.4) is 0 Å². The van der Waals surface area contributed by atoms with Gasteiger partial charge in [-0.25, -0.2) is 0 Å². The monoisotopic (exact) mass is 178 g/mol. The van der Waals surface area contributed by atoms with Crippen LogP contribution in [0.2, 0.25) is 26.2 Å². The highest BCUT2D eigenvalue weighted by atomic mass is 29.3. The van der Waals surface area contributed by atoms with Crippen LogP contribution in [-0.4, -0.2) is 29.9 Å². The van der Waals surface area contributed by atoms with Crippen LogP contribution in [0.4, 0.5) is 0 Å². The molecular weight excluding hydrogens is 160 g/mol. The van der Waals surface area contributed by atoms with E-state index in [2.05, 4.69) is 26.2 Å². The summed E-state index contributed by atoms with van der Waals surface area (Å²) in [5.41, 5.74) is 0. The zero-order valence-corrected chi connectivity index (χ0v) is 9.82. The summed E-state index contributed by atoms with van der Waals surface area (Å²) in [6, 6.07) is 0. The lowest BCUT2D eigenvalue weighted by molar-refractivity contribution is 0.270. The predicted molar refractivity (Wildman–Crippen MR) is 49.0 cm³/mol.